The minimum Gasteiger partial charge on any atom is -0.280 e. The van der Waals surface area contributed by atoms with Crippen LogP contribution >= 0.6 is 22.7 Å². The Labute approximate surface area is 130 Å². The van der Waals surface area contributed by atoms with Crippen molar-refractivity contribution in [1.82, 2.24) is 4.98 Å². The number of nitrogens with zero attached hydrogens (tertiary/aromatic N) is 2. The van der Waals surface area contributed by atoms with Gasteiger partial charge in [-0.25, -0.2) is 4.98 Å². The number of amides is 1. The fraction of sp³-hybridized carbons (Fsp3) is 0.250. The van der Waals surface area contributed by atoms with E-state index in [0.29, 0.717) is 6.04 Å². The SMILES string of the molecule is Cc1csc(N(C(=O)c2cc3ccccc3s2)C2CC2)n1. The number of aromatic nitrogens is 1. The number of fused-ring (bicyclic) bond motifs is 1. The molecule has 0 atom stereocenters. The van der Waals surface area contributed by atoms with Crippen molar-refractivity contribution in [3.8, 4) is 0 Å². The quantitative estimate of drug-likeness (QED) is 0.714. The predicted molar refractivity (Wildman–Crippen MR) is 88.5 cm³/mol. The van der Waals surface area contributed by atoms with Crippen LogP contribution in [0.15, 0.2) is 35.7 Å². The third kappa shape index (κ3) is 2.36. The van der Waals surface area contributed by atoms with Crippen molar-refractivity contribution in [2.24, 2.45) is 0 Å². The van der Waals surface area contributed by atoms with Gasteiger partial charge in [0, 0.05) is 16.1 Å². The van der Waals surface area contributed by atoms with E-state index in [9.17, 15) is 4.79 Å². The van der Waals surface area contributed by atoms with Gasteiger partial charge in [-0.2, -0.15) is 0 Å². The maximum Gasteiger partial charge on any atom is 0.270 e. The van der Waals surface area contributed by atoms with Gasteiger partial charge in [-0.3, -0.25) is 9.69 Å². The van der Waals surface area contributed by atoms with E-state index in [-0.39, 0.29) is 5.91 Å². The van der Waals surface area contributed by atoms with Gasteiger partial charge in [0.1, 0.15) is 0 Å². The number of aryl methyl sites for hydroxylation is 1. The van der Waals surface area contributed by atoms with E-state index in [2.05, 4.69) is 17.1 Å². The summed E-state index contributed by atoms with van der Waals surface area (Å²) < 4.78 is 1.16. The highest BCUT2D eigenvalue weighted by molar-refractivity contribution is 7.21. The number of rotatable bonds is 3. The largest absolute Gasteiger partial charge is 0.280 e. The van der Waals surface area contributed by atoms with Crippen molar-refractivity contribution < 1.29 is 4.79 Å². The van der Waals surface area contributed by atoms with E-state index in [0.717, 1.165) is 38.6 Å². The van der Waals surface area contributed by atoms with Crippen LogP contribution in [0.2, 0.25) is 0 Å². The molecule has 1 fully saturated rings. The molecule has 0 bridgehead atoms. The third-order valence-electron chi connectivity index (χ3n) is 3.58. The summed E-state index contributed by atoms with van der Waals surface area (Å²) in [5, 5.41) is 3.97. The monoisotopic (exact) mass is 314 g/mol. The summed E-state index contributed by atoms with van der Waals surface area (Å²) in [6.45, 7) is 1.97. The van der Waals surface area contributed by atoms with Crippen LogP contribution in [0.1, 0.15) is 28.2 Å². The van der Waals surface area contributed by atoms with Gasteiger partial charge in [-0.1, -0.05) is 18.2 Å². The van der Waals surface area contributed by atoms with Crippen LogP contribution in [-0.4, -0.2) is 16.9 Å². The van der Waals surface area contributed by atoms with E-state index in [1.807, 2.05) is 35.4 Å². The smallest absolute Gasteiger partial charge is 0.270 e. The Kier molecular flexibility index (Phi) is 3.05. The second-order valence-corrected chi connectivity index (χ2v) is 7.25. The van der Waals surface area contributed by atoms with Crippen LogP contribution in [0.3, 0.4) is 0 Å². The van der Waals surface area contributed by atoms with Crippen molar-refractivity contribution >= 4 is 43.8 Å². The van der Waals surface area contributed by atoms with Crippen molar-refractivity contribution in [3.63, 3.8) is 0 Å². The fourth-order valence-corrected chi connectivity index (χ4v) is 4.27. The highest BCUT2D eigenvalue weighted by atomic mass is 32.1. The molecule has 1 aromatic carbocycles. The number of thiophene rings is 1. The van der Waals surface area contributed by atoms with Crippen LogP contribution in [0, 0.1) is 6.92 Å². The van der Waals surface area contributed by atoms with Crippen molar-refractivity contribution in [1.29, 1.82) is 0 Å². The van der Waals surface area contributed by atoms with Crippen LogP contribution in [-0.2, 0) is 0 Å². The summed E-state index contributed by atoms with van der Waals surface area (Å²) in [6, 6.07) is 10.5. The van der Waals surface area contributed by atoms with E-state index >= 15 is 0 Å². The first-order valence-electron chi connectivity index (χ1n) is 6.96. The molecule has 4 rings (SSSR count). The molecule has 0 radical (unpaired) electrons. The molecule has 106 valence electrons. The number of benzene rings is 1. The number of carbonyl (C=O) groups is 1. The maximum atomic E-state index is 12.9. The standard InChI is InChI=1S/C16H14N2OS2/c1-10-9-20-16(17-10)18(12-6-7-12)15(19)14-8-11-4-2-3-5-13(11)21-14/h2-5,8-9,12H,6-7H2,1H3. The Bertz CT molecular complexity index is 783. The van der Waals surface area contributed by atoms with Gasteiger partial charge < -0.3 is 0 Å². The van der Waals surface area contributed by atoms with E-state index < -0.39 is 0 Å². The molecule has 0 saturated heterocycles. The van der Waals surface area contributed by atoms with Crippen molar-refractivity contribution in [3.05, 3.63) is 46.3 Å². The average Bonchev–Trinajstić information content (AvgIpc) is 3.06. The molecule has 1 aliphatic carbocycles. The van der Waals surface area contributed by atoms with Crippen LogP contribution in [0.25, 0.3) is 10.1 Å². The number of anilines is 1. The first-order valence-corrected chi connectivity index (χ1v) is 8.66. The highest BCUT2D eigenvalue weighted by Crippen LogP contribution is 2.36. The molecule has 0 unspecified atom stereocenters. The molecule has 1 saturated carbocycles. The molecular weight excluding hydrogens is 300 g/mol. The van der Waals surface area contributed by atoms with Gasteiger partial charge in [0.15, 0.2) is 5.13 Å². The number of hydrogen-bond donors (Lipinski definition) is 0. The number of carbonyl (C=O) groups excluding carboxylic acids is 1. The number of hydrogen-bond acceptors (Lipinski definition) is 4. The molecule has 1 aliphatic rings. The van der Waals surface area contributed by atoms with Gasteiger partial charge in [0.05, 0.1) is 10.6 Å². The first-order chi connectivity index (χ1) is 10.2. The van der Waals surface area contributed by atoms with Gasteiger partial charge >= 0.3 is 0 Å². The van der Waals surface area contributed by atoms with Crippen LogP contribution in [0.4, 0.5) is 5.13 Å². The highest BCUT2D eigenvalue weighted by Gasteiger charge is 2.36. The Morgan fingerprint density at radius 2 is 2.14 bits per heavy atom. The molecule has 5 heteroatoms. The zero-order valence-corrected chi connectivity index (χ0v) is 13.2. The summed E-state index contributed by atoms with van der Waals surface area (Å²) in [7, 11) is 0. The summed E-state index contributed by atoms with van der Waals surface area (Å²) in [5.41, 5.74) is 0.977. The van der Waals surface area contributed by atoms with Gasteiger partial charge in [-0.15, -0.1) is 22.7 Å². The van der Waals surface area contributed by atoms with Gasteiger partial charge in [0.25, 0.3) is 5.91 Å². The maximum absolute atomic E-state index is 12.9. The second-order valence-electron chi connectivity index (χ2n) is 5.33. The second kappa shape index (κ2) is 4.93. The summed E-state index contributed by atoms with van der Waals surface area (Å²) in [6.07, 6.45) is 2.16. The molecule has 21 heavy (non-hydrogen) atoms. The van der Waals surface area contributed by atoms with Crippen molar-refractivity contribution in [2.75, 3.05) is 4.90 Å². The molecular formula is C16H14N2OS2. The molecule has 0 aliphatic heterocycles. The molecule has 2 aromatic heterocycles. The normalized spacial score (nSPS) is 14.5. The lowest BCUT2D eigenvalue weighted by Gasteiger charge is -2.18. The number of thiazole rings is 1. The Balaban J connectivity index is 1.73. The zero-order valence-electron chi connectivity index (χ0n) is 11.6. The zero-order chi connectivity index (χ0) is 14.4. The lowest BCUT2D eigenvalue weighted by atomic mass is 10.2. The Morgan fingerprint density at radius 3 is 2.81 bits per heavy atom. The van der Waals surface area contributed by atoms with E-state index in [1.165, 1.54) is 0 Å². The average molecular weight is 314 g/mol. The third-order valence-corrected chi connectivity index (χ3v) is 5.64. The van der Waals surface area contributed by atoms with Gasteiger partial charge in [0.2, 0.25) is 0 Å². The van der Waals surface area contributed by atoms with Crippen molar-refractivity contribution in [2.45, 2.75) is 25.8 Å². The Morgan fingerprint density at radius 1 is 1.33 bits per heavy atom. The molecule has 0 N–H and O–H groups in total. The molecule has 0 spiro atoms. The lowest BCUT2D eigenvalue weighted by Crippen LogP contribution is -2.32. The topological polar surface area (TPSA) is 33.2 Å². The minimum atomic E-state index is 0.0908. The van der Waals surface area contributed by atoms with E-state index in [1.54, 1.807) is 22.7 Å². The molecule has 2 heterocycles. The van der Waals surface area contributed by atoms with Crippen LogP contribution in [0.5, 0.6) is 0 Å². The first kappa shape index (κ1) is 13.0. The predicted octanol–water partition coefficient (Wildman–Crippen LogP) is 4.48. The Hall–Kier alpha value is -1.72. The summed E-state index contributed by atoms with van der Waals surface area (Å²) in [4.78, 5) is 20.1. The van der Waals surface area contributed by atoms with Crippen LogP contribution < -0.4 is 4.90 Å². The van der Waals surface area contributed by atoms with E-state index in [4.69, 9.17) is 0 Å². The lowest BCUT2D eigenvalue weighted by molar-refractivity contribution is 0.0989. The fourth-order valence-electron chi connectivity index (χ4n) is 2.40. The van der Waals surface area contributed by atoms with Gasteiger partial charge in [-0.05, 0) is 37.3 Å². The molecule has 3 aromatic rings. The summed E-state index contributed by atoms with van der Waals surface area (Å²) in [5.74, 6) is 0.0908. The minimum absolute atomic E-state index is 0.0908. The molecule has 3 nitrogen and oxygen atoms in total. The summed E-state index contributed by atoms with van der Waals surface area (Å²) >= 11 is 3.12. The molecule has 1 amide bonds.